The molecule has 6 N–H and O–H groups in total. The number of aliphatic hydroxyl groups excluding tert-OH is 2. The first kappa shape index (κ1) is 29.3. The highest BCUT2D eigenvalue weighted by atomic mass is 35.5. The second-order valence-electron chi connectivity index (χ2n) is 9.26. The van der Waals surface area contributed by atoms with Crippen LogP contribution in [0.25, 0.3) is 0 Å². The van der Waals surface area contributed by atoms with Gasteiger partial charge in [0.1, 0.15) is 0 Å². The van der Waals surface area contributed by atoms with E-state index in [2.05, 4.69) is 52.7 Å². The molecule has 1 saturated carbocycles. The van der Waals surface area contributed by atoms with Crippen LogP contribution in [0.3, 0.4) is 0 Å². The fourth-order valence-corrected chi connectivity index (χ4v) is 5.95. The van der Waals surface area contributed by atoms with Crippen molar-refractivity contribution in [2.45, 2.75) is 68.3 Å². The van der Waals surface area contributed by atoms with Crippen molar-refractivity contribution < 1.29 is 30.0 Å². The van der Waals surface area contributed by atoms with Crippen LogP contribution < -0.4 is 10.6 Å². The van der Waals surface area contributed by atoms with Crippen LogP contribution in [0.2, 0.25) is 5.02 Å². The molecular weight excluding hydrogens is 516 g/mol. The number of hydrogen-bond donors (Lipinski definition) is 6. The number of carboxylic acid groups (broad SMARTS) is 2. The Morgan fingerprint density at radius 2 is 1.54 bits per heavy atom. The molecular formula is C27H35ClN2O6S. The molecule has 1 heterocycles. The Bertz CT molecular complexity index is 1030. The van der Waals surface area contributed by atoms with Gasteiger partial charge >= 0.3 is 11.9 Å². The van der Waals surface area contributed by atoms with Gasteiger partial charge in [0.15, 0.2) is 12.2 Å². The van der Waals surface area contributed by atoms with E-state index >= 15 is 0 Å². The van der Waals surface area contributed by atoms with E-state index in [1.807, 2.05) is 6.07 Å². The SMILES string of the molecule is Clc1ccc2c(c1NCc1ccc(CSC3CCCC3)cc1)CCNCC2.O=C(O)C(O)C(O)C(=O)O. The largest absolute Gasteiger partial charge is 0.479 e. The van der Waals surface area contributed by atoms with Gasteiger partial charge in [0.05, 0.1) is 10.7 Å². The number of anilines is 1. The fourth-order valence-electron chi connectivity index (χ4n) is 4.42. The van der Waals surface area contributed by atoms with Gasteiger partial charge in [-0.05, 0) is 67.1 Å². The lowest BCUT2D eigenvalue weighted by molar-refractivity contribution is -0.165. The quantitative estimate of drug-likeness (QED) is 0.276. The monoisotopic (exact) mass is 550 g/mol. The highest BCUT2D eigenvalue weighted by molar-refractivity contribution is 7.99. The van der Waals surface area contributed by atoms with Crippen molar-refractivity contribution in [1.82, 2.24) is 5.32 Å². The van der Waals surface area contributed by atoms with Gasteiger partial charge in [0.2, 0.25) is 0 Å². The summed E-state index contributed by atoms with van der Waals surface area (Å²) in [6.07, 6.45) is 3.24. The molecule has 0 spiro atoms. The van der Waals surface area contributed by atoms with Crippen LogP contribution in [-0.2, 0) is 34.7 Å². The van der Waals surface area contributed by atoms with Crippen LogP contribution in [0, 0.1) is 0 Å². The standard InChI is InChI=1S/C23H29ClN2S.C4H6O6/c24-22-10-9-19-11-13-25-14-12-21(19)23(22)26-15-17-5-7-18(8-6-17)16-27-20-3-1-2-4-20;5-1(3(7)8)2(6)4(9)10/h5-10,20,25-26H,1-4,11-16H2;1-2,5-6H,(H,7,8)(H,9,10). The van der Waals surface area contributed by atoms with E-state index < -0.39 is 24.1 Å². The van der Waals surface area contributed by atoms with Crippen molar-refractivity contribution in [3.05, 3.63) is 63.7 Å². The van der Waals surface area contributed by atoms with Crippen molar-refractivity contribution in [2.75, 3.05) is 18.4 Å². The first-order valence-electron chi connectivity index (χ1n) is 12.5. The van der Waals surface area contributed by atoms with Crippen molar-refractivity contribution >= 4 is 41.0 Å². The molecule has 2 unspecified atom stereocenters. The minimum Gasteiger partial charge on any atom is -0.479 e. The van der Waals surface area contributed by atoms with Gasteiger partial charge in [-0.2, -0.15) is 11.8 Å². The number of halogens is 1. The Balaban J connectivity index is 0.000000325. The summed E-state index contributed by atoms with van der Waals surface area (Å²) in [6.45, 7) is 2.89. The Labute approximate surface area is 226 Å². The summed E-state index contributed by atoms with van der Waals surface area (Å²) >= 11 is 8.66. The number of carbonyl (C=O) groups is 2. The van der Waals surface area contributed by atoms with E-state index in [4.69, 9.17) is 32.0 Å². The van der Waals surface area contributed by atoms with E-state index in [9.17, 15) is 9.59 Å². The minimum atomic E-state index is -2.27. The molecule has 4 rings (SSSR count). The van der Waals surface area contributed by atoms with Crippen LogP contribution >= 0.6 is 23.4 Å². The molecule has 202 valence electrons. The number of rotatable bonds is 9. The number of thioether (sulfide) groups is 1. The highest BCUT2D eigenvalue weighted by Crippen LogP contribution is 2.32. The first-order valence-corrected chi connectivity index (χ1v) is 13.9. The average Bonchev–Trinajstić information content (AvgIpc) is 3.30. The molecule has 0 bridgehead atoms. The van der Waals surface area contributed by atoms with E-state index in [0.717, 1.165) is 54.2 Å². The number of benzene rings is 2. The summed E-state index contributed by atoms with van der Waals surface area (Å²) in [6, 6.07) is 13.3. The van der Waals surface area contributed by atoms with Gasteiger partial charge in [-0.1, -0.05) is 54.8 Å². The van der Waals surface area contributed by atoms with Crippen LogP contribution in [-0.4, -0.2) is 62.9 Å². The zero-order chi connectivity index (χ0) is 26.8. The van der Waals surface area contributed by atoms with Gasteiger partial charge in [-0.3, -0.25) is 0 Å². The number of nitrogens with one attached hydrogen (secondary N) is 2. The van der Waals surface area contributed by atoms with Crippen LogP contribution in [0.1, 0.15) is 47.9 Å². The Morgan fingerprint density at radius 3 is 2.16 bits per heavy atom. The maximum Gasteiger partial charge on any atom is 0.335 e. The molecule has 37 heavy (non-hydrogen) atoms. The smallest absolute Gasteiger partial charge is 0.335 e. The molecule has 2 aromatic rings. The third kappa shape index (κ3) is 8.90. The molecule has 0 radical (unpaired) electrons. The topological polar surface area (TPSA) is 139 Å². The van der Waals surface area contributed by atoms with E-state index in [1.165, 1.54) is 47.9 Å². The molecule has 1 fully saturated rings. The zero-order valence-electron chi connectivity index (χ0n) is 20.7. The van der Waals surface area contributed by atoms with E-state index in [0.29, 0.717) is 0 Å². The summed E-state index contributed by atoms with van der Waals surface area (Å²) < 4.78 is 0. The first-order chi connectivity index (χ1) is 17.8. The lowest BCUT2D eigenvalue weighted by atomic mass is 10.0. The lowest BCUT2D eigenvalue weighted by Gasteiger charge is -2.16. The maximum absolute atomic E-state index is 9.77. The highest BCUT2D eigenvalue weighted by Gasteiger charge is 2.29. The van der Waals surface area contributed by atoms with Crippen LogP contribution in [0.5, 0.6) is 0 Å². The fraction of sp³-hybridized carbons (Fsp3) is 0.481. The van der Waals surface area contributed by atoms with Gasteiger partial charge in [-0.15, -0.1) is 0 Å². The summed E-state index contributed by atoms with van der Waals surface area (Å²) in [5, 5.41) is 41.3. The predicted octanol–water partition coefficient (Wildman–Crippen LogP) is 3.69. The number of aliphatic hydroxyl groups is 2. The molecule has 2 aliphatic rings. The maximum atomic E-state index is 9.77. The molecule has 2 aromatic carbocycles. The Hall–Kier alpha value is -2.30. The van der Waals surface area contributed by atoms with Crippen molar-refractivity contribution in [2.24, 2.45) is 0 Å². The third-order valence-corrected chi connectivity index (χ3v) is 8.33. The molecule has 0 saturated heterocycles. The molecule has 1 aliphatic carbocycles. The van der Waals surface area contributed by atoms with Crippen molar-refractivity contribution in [3.63, 3.8) is 0 Å². The molecule has 0 aromatic heterocycles. The van der Waals surface area contributed by atoms with Crippen molar-refractivity contribution in [3.8, 4) is 0 Å². The third-order valence-electron chi connectivity index (χ3n) is 6.57. The molecule has 10 heteroatoms. The summed E-state index contributed by atoms with van der Waals surface area (Å²) in [5.41, 5.74) is 6.68. The summed E-state index contributed by atoms with van der Waals surface area (Å²) in [5.74, 6) is -2.39. The normalized spacial score (nSPS) is 17.1. The molecule has 2 atom stereocenters. The van der Waals surface area contributed by atoms with Crippen LogP contribution in [0.15, 0.2) is 36.4 Å². The molecule has 0 amide bonds. The minimum absolute atomic E-state index is 0.819. The van der Waals surface area contributed by atoms with E-state index in [1.54, 1.807) is 0 Å². The van der Waals surface area contributed by atoms with Gasteiger partial charge in [0, 0.05) is 17.5 Å². The van der Waals surface area contributed by atoms with Gasteiger partial charge in [-0.25, -0.2) is 9.59 Å². The zero-order valence-corrected chi connectivity index (χ0v) is 22.2. The second kappa shape index (κ2) is 14.6. The summed E-state index contributed by atoms with van der Waals surface area (Å²) in [7, 11) is 0. The molecule has 1 aliphatic heterocycles. The van der Waals surface area contributed by atoms with Gasteiger partial charge in [0.25, 0.3) is 0 Å². The number of fused-ring (bicyclic) bond motifs is 1. The molecule has 8 nitrogen and oxygen atoms in total. The van der Waals surface area contributed by atoms with E-state index in [-0.39, 0.29) is 0 Å². The average molecular weight is 551 g/mol. The number of aliphatic carboxylic acids is 2. The lowest BCUT2D eigenvalue weighted by Crippen LogP contribution is -2.39. The Kier molecular flexibility index (Phi) is 11.5. The van der Waals surface area contributed by atoms with Crippen LogP contribution in [0.4, 0.5) is 5.69 Å². The van der Waals surface area contributed by atoms with Gasteiger partial charge < -0.3 is 31.1 Å². The van der Waals surface area contributed by atoms with Crippen molar-refractivity contribution in [1.29, 1.82) is 0 Å². The Morgan fingerprint density at radius 1 is 0.946 bits per heavy atom. The predicted molar refractivity (Wildman–Crippen MR) is 146 cm³/mol. The number of hydrogen-bond acceptors (Lipinski definition) is 7. The summed E-state index contributed by atoms with van der Waals surface area (Å²) in [4.78, 5) is 19.5. The second-order valence-corrected chi connectivity index (χ2v) is 11.0. The number of carboxylic acids is 2.